The van der Waals surface area contributed by atoms with E-state index in [0.29, 0.717) is 13.3 Å². The molecule has 1 rings (SSSR count). The lowest BCUT2D eigenvalue weighted by atomic mass is 9.82. The van der Waals surface area contributed by atoms with Gasteiger partial charge in [-0.2, -0.15) is 0 Å². The SMILES string of the molecule is CCCOC(=O)C(C)CC(F)(c1ccccc1)C(C)(F)F. The fourth-order valence-corrected chi connectivity index (χ4v) is 2.10. The van der Waals surface area contributed by atoms with Gasteiger partial charge in [-0.3, -0.25) is 4.79 Å². The first-order chi connectivity index (χ1) is 9.72. The molecule has 0 spiro atoms. The van der Waals surface area contributed by atoms with E-state index in [4.69, 9.17) is 4.74 Å². The lowest BCUT2D eigenvalue weighted by Crippen LogP contribution is -2.41. The Morgan fingerprint density at radius 1 is 1.24 bits per heavy atom. The zero-order valence-electron chi connectivity index (χ0n) is 12.5. The van der Waals surface area contributed by atoms with Crippen LogP contribution in [0.5, 0.6) is 0 Å². The largest absolute Gasteiger partial charge is 0.465 e. The average molecular weight is 302 g/mol. The van der Waals surface area contributed by atoms with Gasteiger partial charge in [-0.15, -0.1) is 0 Å². The number of rotatable bonds is 7. The van der Waals surface area contributed by atoms with E-state index in [-0.39, 0.29) is 12.2 Å². The average Bonchev–Trinajstić information content (AvgIpc) is 2.44. The number of esters is 1. The van der Waals surface area contributed by atoms with Crippen LogP contribution in [0.3, 0.4) is 0 Å². The molecular formula is C16H21F3O2. The van der Waals surface area contributed by atoms with Gasteiger partial charge in [-0.1, -0.05) is 44.2 Å². The number of carbonyl (C=O) groups is 1. The van der Waals surface area contributed by atoms with Crippen LogP contribution >= 0.6 is 0 Å². The van der Waals surface area contributed by atoms with Crippen LogP contribution in [0.4, 0.5) is 13.2 Å². The minimum Gasteiger partial charge on any atom is -0.465 e. The fourth-order valence-electron chi connectivity index (χ4n) is 2.10. The molecule has 1 aromatic rings. The van der Waals surface area contributed by atoms with Gasteiger partial charge in [0.05, 0.1) is 12.5 Å². The van der Waals surface area contributed by atoms with Crippen molar-refractivity contribution in [1.29, 1.82) is 0 Å². The Labute approximate surface area is 123 Å². The van der Waals surface area contributed by atoms with Crippen molar-refractivity contribution in [1.82, 2.24) is 0 Å². The maximum atomic E-state index is 15.0. The summed E-state index contributed by atoms with van der Waals surface area (Å²) in [6.45, 7) is 3.96. The van der Waals surface area contributed by atoms with E-state index < -0.39 is 29.9 Å². The zero-order valence-corrected chi connectivity index (χ0v) is 12.5. The van der Waals surface area contributed by atoms with E-state index in [2.05, 4.69) is 0 Å². The third-order valence-electron chi connectivity index (χ3n) is 3.37. The fraction of sp³-hybridized carbons (Fsp3) is 0.562. The number of hydrogen-bond acceptors (Lipinski definition) is 2. The van der Waals surface area contributed by atoms with E-state index >= 15 is 4.39 Å². The summed E-state index contributed by atoms with van der Waals surface area (Å²) < 4.78 is 47.5. The molecule has 0 N–H and O–H groups in total. The van der Waals surface area contributed by atoms with Gasteiger partial charge in [0.2, 0.25) is 0 Å². The standard InChI is InChI=1S/C16H21F3O2/c1-4-10-21-14(20)12(2)11-16(19,15(3,17)18)13-8-6-5-7-9-13/h5-9,12H,4,10-11H2,1-3H3. The Kier molecular flexibility index (Phi) is 5.81. The Bertz CT molecular complexity index is 456. The Morgan fingerprint density at radius 3 is 2.29 bits per heavy atom. The number of carbonyl (C=O) groups excluding carboxylic acids is 1. The second-order valence-corrected chi connectivity index (χ2v) is 5.33. The quantitative estimate of drug-likeness (QED) is 0.694. The highest BCUT2D eigenvalue weighted by Crippen LogP contribution is 2.45. The molecule has 0 saturated carbocycles. The molecule has 5 heteroatoms. The maximum Gasteiger partial charge on any atom is 0.308 e. The predicted octanol–water partition coefficient (Wildman–Crippen LogP) is 4.49. The molecule has 0 aromatic heterocycles. The molecule has 0 fully saturated rings. The first-order valence-electron chi connectivity index (χ1n) is 7.01. The molecule has 118 valence electrons. The van der Waals surface area contributed by atoms with Crippen molar-refractivity contribution in [3.63, 3.8) is 0 Å². The molecule has 1 aromatic carbocycles. The number of alkyl halides is 3. The van der Waals surface area contributed by atoms with E-state index in [1.807, 2.05) is 6.92 Å². The Morgan fingerprint density at radius 2 is 1.81 bits per heavy atom. The van der Waals surface area contributed by atoms with Crippen LogP contribution in [-0.2, 0) is 15.2 Å². The zero-order chi connectivity index (χ0) is 16.1. The van der Waals surface area contributed by atoms with Gasteiger partial charge < -0.3 is 4.74 Å². The van der Waals surface area contributed by atoms with Gasteiger partial charge in [-0.25, -0.2) is 13.2 Å². The van der Waals surface area contributed by atoms with Gasteiger partial charge in [0, 0.05) is 13.3 Å². The normalized spacial score (nSPS) is 16.1. The molecule has 0 aliphatic heterocycles. The molecule has 0 amide bonds. The third-order valence-corrected chi connectivity index (χ3v) is 3.37. The van der Waals surface area contributed by atoms with Crippen molar-refractivity contribution in [2.45, 2.75) is 45.2 Å². The highest BCUT2D eigenvalue weighted by molar-refractivity contribution is 5.72. The van der Waals surface area contributed by atoms with E-state index in [1.165, 1.54) is 31.2 Å². The highest BCUT2D eigenvalue weighted by atomic mass is 19.3. The van der Waals surface area contributed by atoms with E-state index in [9.17, 15) is 13.6 Å². The van der Waals surface area contributed by atoms with E-state index in [0.717, 1.165) is 0 Å². The molecule has 0 bridgehead atoms. The van der Waals surface area contributed by atoms with Crippen molar-refractivity contribution in [3.8, 4) is 0 Å². The minimum atomic E-state index is -3.60. The summed E-state index contributed by atoms with van der Waals surface area (Å²) in [5.41, 5.74) is -3.04. The topological polar surface area (TPSA) is 26.3 Å². The Balaban J connectivity index is 2.98. The van der Waals surface area contributed by atoms with Crippen molar-refractivity contribution in [2.24, 2.45) is 5.92 Å². The van der Waals surface area contributed by atoms with Crippen LogP contribution in [0.25, 0.3) is 0 Å². The summed E-state index contributed by atoms with van der Waals surface area (Å²) in [4.78, 5) is 11.7. The number of hydrogen-bond donors (Lipinski definition) is 0. The highest BCUT2D eigenvalue weighted by Gasteiger charge is 2.53. The van der Waals surface area contributed by atoms with Crippen molar-refractivity contribution >= 4 is 5.97 Å². The van der Waals surface area contributed by atoms with Crippen LogP contribution in [0.1, 0.15) is 39.2 Å². The maximum absolute atomic E-state index is 15.0. The Hall–Kier alpha value is -1.52. The molecule has 2 atom stereocenters. The molecule has 0 aliphatic rings. The first kappa shape index (κ1) is 17.5. The van der Waals surface area contributed by atoms with E-state index in [1.54, 1.807) is 6.07 Å². The van der Waals surface area contributed by atoms with Crippen LogP contribution in [0.15, 0.2) is 30.3 Å². The molecular weight excluding hydrogens is 281 g/mol. The van der Waals surface area contributed by atoms with Crippen molar-refractivity contribution in [2.75, 3.05) is 6.61 Å². The molecule has 2 nitrogen and oxygen atoms in total. The van der Waals surface area contributed by atoms with Crippen LogP contribution in [0.2, 0.25) is 0 Å². The second-order valence-electron chi connectivity index (χ2n) is 5.33. The number of benzene rings is 1. The van der Waals surface area contributed by atoms with Gasteiger partial charge in [-0.05, 0) is 12.0 Å². The van der Waals surface area contributed by atoms with Gasteiger partial charge in [0.25, 0.3) is 5.92 Å². The lowest BCUT2D eigenvalue weighted by Gasteiger charge is -2.33. The smallest absolute Gasteiger partial charge is 0.308 e. The third kappa shape index (κ3) is 4.22. The van der Waals surface area contributed by atoms with Crippen molar-refractivity contribution in [3.05, 3.63) is 35.9 Å². The predicted molar refractivity (Wildman–Crippen MR) is 74.9 cm³/mol. The van der Waals surface area contributed by atoms with Gasteiger partial charge in [0.1, 0.15) is 0 Å². The summed E-state index contributed by atoms with van der Waals surface area (Å²) >= 11 is 0. The number of halogens is 3. The molecule has 0 heterocycles. The minimum absolute atomic E-state index is 0.132. The van der Waals surface area contributed by atoms with Crippen LogP contribution in [-0.4, -0.2) is 18.5 Å². The number of ether oxygens (including phenoxy) is 1. The molecule has 2 unspecified atom stereocenters. The molecule has 0 radical (unpaired) electrons. The van der Waals surface area contributed by atoms with Crippen molar-refractivity contribution < 1.29 is 22.7 Å². The van der Waals surface area contributed by atoms with Gasteiger partial charge >= 0.3 is 5.97 Å². The van der Waals surface area contributed by atoms with Crippen LogP contribution < -0.4 is 0 Å². The molecule has 21 heavy (non-hydrogen) atoms. The van der Waals surface area contributed by atoms with Crippen LogP contribution in [0, 0.1) is 5.92 Å². The summed E-state index contributed by atoms with van der Waals surface area (Å²) in [6, 6.07) is 7.23. The summed E-state index contributed by atoms with van der Waals surface area (Å²) in [5.74, 6) is -5.21. The molecule has 0 saturated heterocycles. The summed E-state index contributed by atoms with van der Waals surface area (Å²) in [6.07, 6.45) is 0.00487. The first-order valence-corrected chi connectivity index (χ1v) is 7.01. The summed E-state index contributed by atoms with van der Waals surface area (Å²) in [5, 5.41) is 0. The second kappa shape index (κ2) is 6.96. The van der Waals surface area contributed by atoms with Gasteiger partial charge in [0.15, 0.2) is 5.67 Å². The molecule has 0 aliphatic carbocycles. The summed E-state index contributed by atoms with van der Waals surface area (Å²) in [7, 11) is 0. The monoisotopic (exact) mass is 302 g/mol. The lowest BCUT2D eigenvalue weighted by molar-refractivity contribution is -0.160.